The van der Waals surface area contributed by atoms with Gasteiger partial charge in [-0.1, -0.05) is 46.0 Å². The van der Waals surface area contributed by atoms with Gasteiger partial charge in [-0.15, -0.1) is 0 Å². The van der Waals surface area contributed by atoms with Crippen molar-refractivity contribution in [2.24, 2.45) is 0 Å². The van der Waals surface area contributed by atoms with Gasteiger partial charge >= 0.3 is 5.51 Å². The standard InChI is InChI=1S/C17H30N.CHF3O3S/c1-3-5-7-8-9-10-14-18-15-12-17(13-16-18)11-6-4-2;2-1(3,4)8(5,6)7/h12-13,15-16H,3-11,14H2,1-2H3;(H,5,6,7)/q+1;/p-1. The molecule has 0 aliphatic carbocycles. The lowest BCUT2D eigenvalue weighted by Crippen LogP contribution is -2.32. The van der Waals surface area contributed by atoms with Gasteiger partial charge in [0.05, 0.1) is 0 Å². The first-order valence-electron chi connectivity index (χ1n) is 9.12. The highest BCUT2D eigenvalue weighted by Crippen LogP contribution is 2.20. The zero-order valence-corrected chi connectivity index (χ0v) is 16.4. The molecule has 1 rings (SSSR count). The molecule has 0 aliphatic heterocycles. The van der Waals surface area contributed by atoms with Crippen LogP contribution in [0.3, 0.4) is 0 Å². The Balaban J connectivity index is 0.000000660. The van der Waals surface area contributed by atoms with Gasteiger partial charge in [-0.05, 0) is 24.8 Å². The van der Waals surface area contributed by atoms with Crippen LogP contribution in [0.25, 0.3) is 0 Å². The molecule has 0 aromatic carbocycles. The average Bonchev–Trinajstić information content (AvgIpc) is 2.56. The van der Waals surface area contributed by atoms with Crippen LogP contribution in [0.1, 0.15) is 70.8 Å². The smallest absolute Gasteiger partial charge is 0.485 e. The van der Waals surface area contributed by atoms with Crippen LogP contribution in [-0.2, 0) is 23.1 Å². The Kier molecular flexibility index (Phi) is 12.5. The van der Waals surface area contributed by atoms with E-state index in [4.69, 9.17) is 13.0 Å². The molecule has 0 amide bonds. The second kappa shape index (κ2) is 13.1. The summed E-state index contributed by atoms with van der Waals surface area (Å²) in [5.74, 6) is 0. The summed E-state index contributed by atoms with van der Waals surface area (Å²) in [6.45, 7) is 5.71. The van der Waals surface area contributed by atoms with Crippen molar-refractivity contribution in [1.29, 1.82) is 0 Å². The van der Waals surface area contributed by atoms with Crippen LogP contribution >= 0.6 is 0 Å². The molecule has 0 saturated carbocycles. The Bertz CT molecular complexity index is 572. The largest absolute Gasteiger partial charge is 0.741 e. The first kappa shape index (κ1) is 24.8. The van der Waals surface area contributed by atoms with Crippen molar-refractivity contribution >= 4 is 10.1 Å². The van der Waals surface area contributed by atoms with E-state index in [0.717, 1.165) is 0 Å². The maximum atomic E-state index is 10.7. The molecule has 0 atom stereocenters. The molecule has 0 fully saturated rings. The zero-order chi connectivity index (χ0) is 20.1. The van der Waals surface area contributed by atoms with Crippen molar-refractivity contribution in [2.75, 3.05) is 0 Å². The van der Waals surface area contributed by atoms with E-state index in [9.17, 15) is 13.2 Å². The van der Waals surface area contributed by atoms with E-state index in [1.165, 1.54) is 69.9 Å². The Morgan fingerprint density at radius 1 is 0.923 bits per heavy atom. The fourth-order valence-electron chi connectivity index (χ4n) is 2.26. The van der Waals surface area contributed by atoms with Crippen LogP contribution in [0, 0.1) is 0 Å². The van der Waals surface area contributed by atoms with Gasteiger partial charge in [-0.3, -0.25) is 0 Å². The second-order valence-electron chi connectivity index (χ2n) is 6.22. The first-order chi connectivity index (χ1) is 12.1. The minimum absolute atomic E-state index is 1.18. The maximum Gasteiger partial charge on any atom is 0.485 e. The SMILES string of the molecule is CCCCCCCC[n+]1ccc(CCCC)cc1.O=S(=O)([O-])C(F)(F)F. The second-order valence-corrected chi connectivity index (χ2v) is 7.59. The number of pyridine rings is 1. The molecular weight excluding hydrogens is 367 g/mol. The van der Waals surface area contributed by atoms with Crippen molar-refractivity contribution in [3.63, 3.8) is 0 Å². The minimum Gasteiger partial charge on any atom is -0.741 e. The number of aryl methyl sites for hydroxylation is 2. The van der Waals surface area contributed by atoms with Gasteiger partial charge in [0.15, 0.2) is 22.5 Å². The van der Waals surface area contributed by atoms with Gasteiger partial charge in [-0.2, -0.15) is 13.2 Å². The summed E-state index contributed by atoms with van der Waals surface area (Å²) in [4.78, 5) is 0. The van der Waals surface area contributed by atoms with Crippen LogP contribution in [0.15, 0.2) is 24.5 Å². The fraction of sp³-hybridized carbons (Fsp3) is 0.722. The van der Waals surface area contributed by atoms with E-state index in [2.05, 4.69) is 42.9 Å². The molecule has 0 radical (unpaired) electrons. The number of aromatic nitrogens is 1. The normalized spacial score (nSPS) is 11.8. The van der Waals surface area contributed by atoms with Crippen LogP contribution in [0.2, 0.25) is 0 Å². The van der Waals surface area contributed by atoms with Gasteiger partial charge in [-0.25, -0.2) is 13.0 Å². The van der Waals surface area contributed by atoms with Gasteiger partial charge in [0.1, 0.15) is 6.54 Å². The van der Waals surface area contributed by atoms with E-state index in [1.54, 1.807) is 0 Å². The molecule has 26 heavy (non-hydrogen) atoms. The highest BCUT2D eigenvalue weighted by Gasteiger charge is 2.36. The summed E-state index contributed by atoms with van der Waals surface area (Å²) < 4.78 is 61.2. The van der Waals surface area contributed by atoms with Crippen molar-refractivity contribution in [2.45, 2.75) is 83.7 Å². The fourth-order valence-corrected chi connectivity index (χ4v) is 2.26. The monoisotopic (exact) mass is 397 g/mol. The van der Waals surface area contributed by atoms with E-state index < -0.39 is 15.6 Å². The van der Waals surface area contributed by atoms with Crippen LogP contribution < -0.4 is 4.57 Å². The van der Waals surface area contributed by atoms with Gasteiger partial charge in [0.25, 0.3) is 0 Å². The third-order valence-electron chi connectivity index (χ3n) is 3.83. The van der Waals surface area contributed by atoms with Crippen molar-refractivity contribution in [1.82, 2.24) is 0 Å². The molecule has 0 aliphatic rings. The Labute approximate surface area is 155 Å². The highest BCUT2D eigenvalue weighted by molar-refractivity contribution is 7.86. The molecule has 0 saturated heterocycles. The summed E-state index contributed by atoms with van der Waals surface area (Å²) in [5, 5.41) is 0. The predicted molar refractivity (Wildman–Crippen MR) is 94.4 cm³/mol. The number of alkyl halides is 3. The van der Waals surface area contributed by atoms with Crippen molar-refractivity contribution < 1.29 is 30.7 Å². The summed E-state index contributed by atoms with van der Waals surface area (Å²) in [7, 11) is -6.09. The Morgan fingerprint density at radius 2 is 1.38 bits per heavy atom. The van der Waals surface area contributed by atoms with Crippen LogP contribution in [0.4, 0.5) is 13.2 Å². The number of nitrogens with zero attached hydrogens (tertiary/aromatic N) is 1. The van der Waals surface area contributed by atoms with E-state index in [1.807, 2.05) is 0 Å². The number of hydrogen-bond acceptors (Lipinski definition) is 3. The first-order valence-corrected chi connectivity index (χ1v) is 10.5. The molecule has 0 unspecified atom stereocenters. The van der Waals surface area contributed by atoms with Crippen LogP contribution in [-0.4, -0.2) is 18.5 Å². The average molecular weight is 398 g/mol. The molecule has 0 N–H and O–H groups in total. The van der Waals surface area contributed by atoms with Gasteiger partial charge in [0, 0.05) is 18.6 Å². The summed E-state index contributed by atoms with van der Waals surface area (Å²) >= 11 is 0. The number of rotatable bonds is 10. The number of unbranched alkanes of at least 4 members (excludes halogenated alkanes) is 6. The molecule has 0 bridgehead atoms. The molecule has 152 valence electrons. The number of hydrogen-bond donors (Lipinski definition) is 0. The molecular formula is C18H30F3NO3S. The molecule has 1 aromatic rings. The van der Waals surface area contributed by atoms with Gasteiger partial charge in [0.2, 0.25) is 0 Å². The predicted octanol–water partition coefficient (Wildman–Crippen LogP) is 4.73. The number of halogens is 3. The molecule has 0 spiro atoms. The van der Waals surface area contributed by atoms with E-state index in [0.29, 0.717) is 0 Å². The van der Waals surface area contributed by atoms with E-state index in [-0.39, 0.29) is 0 Å². The zero-order valence-electron chi connectivity index (χ0n) is 15.6. The molecule has 8 heteroatoms. The topological polar surface area (TPSA) is 61.1 Å². The lowest BCUT2D eigenvalue weighted by molar-refractivity contribution is -0.697. The van der Waals surface area contributed by atoms with Crippen molar-refractivity contribution in [3.8, 4) is 0 Å². The summed E-state index contributed by atoms with van der Waals surface area (Å²) in [6.07, 6.45) is 16.6. The molecule has 1 aromatic heterocycles. The lowest BCUT2D eigenvalue weighted by atomic mass is 10.1. The molecule has 1 heterocycles. The van der Waals surface area contributed by atoms with Crippen LogP contribution in [0.5, 0.6) is 0 Å². The summed E-state index contributed by atoms with van der Waals surface area (Å²) in [6, 6.07) is 4.57. The quantitative estimate of drug-likeness (QED) is 0.248. The van der Waals surface area contributed by atoms with Gasteiger partial charge < -0.3 is 4.55 Å². The Hall–Kier alpha value is -1.15. The molecule has 4 nitrogen and oxygen atoms in total. The Morgan fingerprint density at radius 3 is 1.85 bits per heavy atom. The lowest BCUT2D eigenvalue weighted by Gasteiger charge is -2.08. The van der Waals surface area contributed by atoms with E-state index >= 15 is 0 Å². The maximum absolute atomic E-state index is 10.7. The third-order valence-corrected chi connectivity index (χ3v) is 4.40. The van der Waals surface area contributed by atoms with Crippen molar-refractivity contribution in [3.05, 3.63) is 30.1 Å². The third kappa shape index (κ3) is 12.2. The minimum atomic E-state index is -6.09. The highest BCUT2D eigenvalue weighted by atomic mass is 32.2. The summed E-state index contributed by atoms with van der Waals surface area (Å²) in [5.41, 5.74) is -4.16.